The number of hydrogen-bond acceptors (Lipinski definition) is 3. The molecule has 2 heterocycles. The average molecular weight is 246 g/mol. The lowest BCUT2D eigenvalue weighted by molar-refractivity contribution is 0.454. The molecule has 0 aliphatic heterocycles. The molecule has 0 aliphatic rings. The molecule has 0 spiro atoms. The molecular formula is C15H22N2O. The first-order valence-electron chi connectivity index (χ1n) is 7.01. The van der Waals surface area contributed by atoms with Gasteiger partial charge in [0.05, 0.1) is 6.20 Å². The van der Waals surface area contributed by atoms with Gasteiger partial charge in [-0.25, -0.2) is 4.98 Å². The molecule has 3 heteroatoms. The Morgan fingerprint density at radius 2 is 2.06 bits per heavy atom. The van der Waals surface area contributed by atoms with E-state index in [0.29, 0.717) is 5.92 Å². The van der Waals surface area contributed by atoms with Crippen LogP contribution in [0, 0.1) is 0 Å². The molecular weight excluding hydrogens is 224 g/mol. The van der Waals surface area contributed by atoms with Crippen molar-refractivity contribution in [2.24, 2.45) is 0 Å². The average Bonchev–Trinajstić information content (AvgIpc) is 2.82. The summed E-state index contributed by atoms with van der Waals surface area (Å²) < 4.78 is 5.73. The molecule has 0 aromatic carbocycles. The van der Waals surface area contributed by atoms with Crippen LogP contribution in [0.3, 0.4) is 0 Å². The SMILES string of the molecule is CCCCCCC[C@H](C)c1nc2ccncc2o1. The van der Waals surface area contributed by atoms with Crippen molar-refractivity contribution in [3.05, 3.63) is 24.4 Å². The summed E-state index contributed by atoms with van der Waals surface area (Å²) in [6.45, 7) is 4.44. The molecule has 0 radical (unpaired) electrons. The van der Waals surface area contributed by atoms with Crippen LogP contribution in [0.15, 0.2) is 22.9 Å². The molecule has 0 amide bonds. The molecule has 0 saturated heterocycles. The Balaban J connectivity index is 1.86. The Kier molecular flexibility index (Phi) is 4.73. The lowest BCUT2D eigenvalue weighted by atomic mass is 10.0. The van der Waals surface area contributed by atoms with Crippen molar-refractivity contribution in [1.82, 2.24) is 9.97 Å². The van der Waals surface area contributed by atoms with Gasteiger partial charge in [0.15, 0.2) is 11.5 Å². The standard InChI is InChI=1S/C15H22N2O/c1-3-4-5-6-7-8-12(2)15-17-13-9-10-16-11-14(13)18-15/h9-12H,3-8H2,1-2H3/t12-/m0/s1. The van der Waals surface area contributed by atoms with Crippen LogP contribution < -0.4 is 0 Å². The van der Waals surface area contributed by atoms with Crippen LogP contribution in [0.2, 0.25) is 0 Å². The fourth-order valence-corrected chi connectivity index (χ4v) is 2.19. The smallest absolute Gasteiger partial charge is 0.198 e. The predicted octanol–water partition coefficient (Wildman–Crippen LogP) is 4.69. The molecule has 0 fully saturated rings. The van der Waals surface area contributed by atoms with Crippen LogP contribution in [0.5, 0.6) is 0 Å². The minimum absolute atomic E-state index is 0.402. The van der Waals surface area contributed by atoms with Crippen LogP contribution >= 0.6 is 0 Å². The van der Waals surface area contributed by atoms with Crippen molar-refractivity contribution in [2.45, 2.75) is 58.3 Å². The Morgan fingerprint density at radius 3 is 2.83 bits per heavy atom. The highest BCUT2D eigenvalue weighted by Crippen LogP contribution is 2.24. The topological polar surface area (TPSA) is 38.9 Å². The third kappa shape index (κ3) is 3.31. The van der Waals surface area contributed by atoms with E-state index in [2.05, 4.69) is 23.8 Å². The second kappa shape index (κ2) is 6.53. The summed E-state index contributed by atoms with van der Waals surface area (Å²) in [5.74, 6) is 1.26. The first-order chi connectivity index (χ1) is 8.81. The van der Waals surface area contributed by atoms with Gasteiger partial charge in [-0.2, -0.15) is 0 Å². The second-order valence-corrected chi connectivity index (χ2v) is 5.00. The number of fused-ring (bicyclic) bond motifs is 1. The molecule has 2 rings (SSSR count). The highest BCUT2D eigenvalue weighted by atomic mass is 16.3. The molecule has 0 unspecified atom stereocenters. The fourth-order valence-electron chi connectivity index (χ4n) is 2.19. The molecule has 18 heavy (non-hydrogen) atoms. The van der Waals surface area contributed by atoms with E-state index >= 15 is 0 Å². The number of unbranched alkanes of at least 4 members (excludes halogenated alkanes) is 4. The zero-order chi connectivity index (χ0) is 12.8. The Morgan fingerprint density at radius 1 is 1.22 bits per heavy atom. The minimum Gasteiger partial charge on any atom is -0.439 e. The first-order valence-corrected chi connectivity index (χ1v) is 7.01. The van der Waals surface area contributed by atoms with Gasteiger partial charge in [-0.3, -0.25) is 4.98 Å². The molecule has 1 atom stereocenters. The van der Waals surface area contributed by atoms with Crippen molar-refractivity contribution in [3.63, 3.8) is 0 Å². The van der Waals surface area contributed by atoms with Gasteiger partial charge in [-0.15, -0.1) is 0 Å². The summed E-state index contributed by atoms with van der Waals surface area (Å²) in [5.41, 5.74) is 1.71. The number of aromatic nitrogens is 2. The van der Waals surface area contributed by atoms with Gasteiger partial charge in [0.25, 0.3) is 0 Å². The van der Waals surface area contributed by atoms with Crippen molar-refractivity contribution in [1.29, 1.82) is 0 Å². The number of nitrogens with zero attached hydrogens (tertiary/aromatic N) is 2. The molecule has 3 nitrogen and oxygen atoms in total. The predicted molar refractivity (Wildman–Crippen MR) is 73.6 cm³/mol. The minimum atomic E-state index is 0.402. The highest BCUT2D eigenvalue weighted by Gasteiger charge is 2.12. The second-order valence-electron chi connectivity index (χ2n) is 5.00. The van der Waals surface area contributed by atoms with E-state index in [0.717, 1.165) is 23.4 Å². The third-order valence-electron chi connectivity index (χ3n) is 3.37. The molecule has 2 aromatic heterocycles. The molecule has 98 valence electrons. The van der Waals surface area contributed by atoms with E-state index in [1.165, 1.54) is 32.1 Å². The maximum Gasteiger partial charge on any atom is 0.198 e. The van der Waals surface area contributed by atoms with E-state index in [4.69, 9.17) is 4.42 Å². The molecule has 0 saturated carbocycles. The van der Waals surface area contributed by atoms with E-state index < -0.39 is 0 Å². The summed E-state index contributed by atoms with van der Waals surface area (Å²) in [5, 5.41) is 0. The van der Waals surface area contributed by atoms with Crippen molar-refractivity contribution in [3.8, 4) is 0 Å². The normalized spacial score (nSPS) is 13.0. The van der Waals surface area contributed by atoms with Crippen LogP contribution in [0.25, 0.3) is 11.1 Å². The van der Waals surface area contributed by atoms with Gasteiger partial charge in [-0.1, -0.05) is 46.0 Å². The monoisotopic (exact) mass is 246 g/mol. The summed E-state index contributed by atoms with van der Waals surface area (Å²) in [4.78, 5) is 8.57. The summed E-state index contributed by atoms with van der Waals surface area (Å²) >= 11 is 0. The van der Waals surface area contributed by atoms with Gasteiger partial charge >= 0.3 is 0 Å². The van der Waals surface area contributed by atoms with Gasteiger partial charge < -0.3 is 4.42 Å². The van der Waals surface area contributed by atoms with Crippen LogP contribution in [-0.4, -0.2) is 9.97 Å². The van der Waals surface area contributed by atoms with Gasteiger partial charge in [0.1, 0.15) is 5.52 Å². The molecule has 0 N–H and O–H groups in total. The number of oxazole rings is 1. The van der Waals surface area contributed by atoms with Crippen molar-refractivity contribution < 1.29 is 4.42 Å². The Bertz CT molecular complexity index is 445. The largest absolute Gasteiger partial charge is 0.439 e. The zero-order valence-corrected chi connectivity index (χ0v) is 11.4. The van der Waals surface area contributed by atoms with E-state index in [9.17, 15) is 0 Å². The third-order valence-corrected chi connectivity index (χ3v) is 3.37. The highest BCUT2D eigenvalue weighted by molar-refractivity contribution is 5.70. The van der Waals surface area contributed by atoms with E-state index in [1.54, 1.807) is 12.4 Å². The lowest BCUT2D eigenvalue weighted by Crippen LogP contribution is -1.93. The number of rotatable bonds is 7. The van der Waals surface area contributed by atoms with Gasteiger partial charge in [-0.05, 0) is 12.5 Å². The molecule has 0 bridgehead atoms. The summed E-state index contributed by atoms with van der Waals surface area (Å²) in [7, 11) is 0. The number of pyridine rings is 1. The van der Waals surface area contributed by atoms with E-state index in [1.807, 2.05) is 6.07 Å². The van der Waals surface area contributed by atoms with Crippen LogP contribution in [0.4, 0.5) is 0 Å². The zero-order valence-electron chi connectivity index (χ0n) is 11.4. The fraction of sp³-hybridized carbons (Fsp3) is 0.600. The van der Waals surface area contributed by atoms with Crippen molar-refractivity contribution in [2.75, 3.05) is 0 Å². The lowest BCUT2D eigenvalue weighted by Gasteiger charge is -2.06. The van der Waals surface area contributed by atoms with E-state index in [-0.39, 0.29) is 0 Å². The molecule has 0 aliphatic carbocycles. The van der Waals surface area contributed by atoms with Crippen molar-refractivity contribution >= 4 is 11.1 Å². The number of hydrogen-bond donors (Lipinski definition) is 0. The van der Waals surface area contributed by atoms with Gasteiger partial charge in [0, 0.05) is 12.1 Å². The van der Waals surface area contributed by atoms with Crippen LogP contribution in [0.1, 0.15) is 64.2 Å². The maximum absolute atomic E-state index is 5.73. The summed E-state index contributed by atoms with van der Waals surface area (Å²) in [6, 6.07) is 1.90. The summed E-state index contributed by atoms with van der Waals surface area (Å²) in [6.07, 6.45) is 11.2. The maximum atomic E-state index is 5.73. The quantitative estimate of drug-likeness (QED) is 0.665. The van der Waals surface area contributed by atoms with Gasteiger partial charge in [0.2, 0.25) is 0 Å². The first kappa shape index (κ1) is 13.1. The molecule has 2 aromatic rings. The Hall–Kier alpha value is -1.38. The Labute approximate surface area is 109 Å². The van der Waals surface area contributed by atoms with Crippen LogP contribution in [-0.2, 0) is 0 Å².